The molecule has 2 N–H and O–H groups in total. The molecular formula is C27H30N4O3S. The lowest BCUT2D eigenvalue weighted by Gasteiger charge is -2.18. The van der Waals surface area contributed by atoms with Gasteiger partial charge < -0.3 is 15.4 Å². The minimum Gasteiger partial charge on any atom is -0.376 e. The molecule has 0 spiro atoms. The Kier molecular flexibility index (Phi) is 7.49. The molecule has 35 heavy (non-hydrogen) atoms. The highest BCUT2D eigenvalue weighted by Gasteiger charge is 2.26. The average Bonchev–Trinajstić information content (AvgIpc) is 3.63. The van der Waals surface area contributed by atoms with Crippen molar-refractivity contribution in [3.05, 3.63) is 83.0 Å². The molecule has 2 aliphatic heterocycles. The molecule has 5 rings (SSSR count). The fourth-order valence-electron chi connectivity index (χ4n) is 4.71. The largest absolute Gasteiger partial charge is 0.376 e. The molecule has 182 valence electrons. The van der Waals surface area contributed by atoms with Gasteiger partial charge in [0, 0.05) is 42.6 Å². The zero-order chi connectivity index (χ0) is 24.0. The maximum absolute atomic E-state index is 13.3. The molecule has 0 saturated carbocycles. The first-order valence-electron chi connectivity index (χ1n) is 12.1. The molecular weight excluding hydrogens is 460 g/mol. The summed E-state index contributed by atoms with van der Waals surface area (Å²) in [5, 5.41) is 10.7. The molecule has 3 aromatic rings. The Labute approximate surface area is 209 Å². The van der Waals surface area contributed by atoms with Crippen LogP contribution in [-0.4, -0.2) is 40.9 Å². The predicted octanol–water partition coefficient (Wildman–Crippen LogP) is 4.09. The van der Waals surface area contributed by atoms with E-state index in [1.54, 1.807) is 16.4 Å². The van der Waals surface area contributed by atoms with Gasteiger partial charge in [-0.25, -0.2) is 4.68 Å². The molecule has 0 aliphatic carbocycles. The molecule has 3 heterocycles. The van der Waals surface area contributed by atoms with Crippen LogP contribution in [0.2, 0.25) is 0 Å². The first kappa shape index (κ1) is 23.6. The normalized spacial score (nSPS) is 16.9. The second-order valence-corrected chi connectivity index (χ2v) is 9.98. The van der Waals surface area contributed by atoms with Gasteiger partial charge in [-0.2, -0.15) is 16.9 Å². The van der Waals surface area contributed by atoms with Gasteiger partial charge in [-0.1, -0.05) is 60.7 Å². The molecule has 1 aromatic heterocycles. The number of rotatable bonds is 9. The van der Waals surface area contributed by atoms with Crippen LogP contribution in [0.4, 0.5) is 5.82 Å². The van der Waals surface area contributed by atoms with Crippen LogP contribution in [0.25, 0.3) is 0 Å². The number of benzene rings is 2. The molecule has 2 aromatic carbocycles. The van der Waals surface area contributed by atoms with E-state index in [1.807, 2.05) is 36.4 Å². The van der Waals surface area contributed by atoms with Crippen LogP contribution in [0.15, 0.2) is 60.7 Å². The van der Waals surface area contributed by atoms with Gasteiger partial charge in [-0.3, -0.25) is 9.59 Å². The van der Waals surface area contributed by atoms with Crippen molar-refractivity contribution in [2.75, 3.05) is 18.5 Å². The van der Waals surface area contributed by atoms with E-state index in [1.165, 1.54) is 0 Å². The fraction of sp³-hybridized carbons (Fsp3) is 0.370. The number of carbonyl (C=O) groups is 2. The predicted molar refractivity (Wildman–Crippen MR) is 137 cm³/mol. The van der Waals surface area contributed by atoms with Crippen LogP contribution >= 0.6 is 11.8 Å². The topological polar surface area (TPSA) is 85.2 Å². The van der Waals surface area contributed by atoms with Crippen LogP contribution < -0.4 is 10.6 Å². The molecule has 1 atom stereocenters. The summed E-state index contributed by atoms with van der Waals surface area (Å²) in [6.07, 6.45) is 2.39. The molecule has 0 radical (unpaired) electrons. The second-order valence-electron chi connectivity index (χ2n) is 8.99. The fourth-order valence-corrected chi connectivity index (χ4v) is 5.75. The van der Waals surface area contributed by atoms with Crippen LogP contribution in [0.1, 0.15) is 47.6 Å². The summed E-state index contributed by atoms with van der Waals surface area (Å²) in [5.74, 6) is 1.93. The standard InChI is InChI=1S/C27H30N4O3S/c32-25(14-22(19-8-3-1-4-9-19)20-10-5-2-6-11-20)29-27-23-17-35-18-24(23)30-31(27)16-26(33)28-15-21-12-7-13-34-21/h1-6,8-11,21-22H,7,12-18H2,(H,28,33)(H,29,32). The minimum atomic E-state index is -0.128. The van der Waals surface area contributed by atoms with Gasteiger partial charge in [0.25, 0.3) is 0 Å². The van der Waals surface area contributed by atoms with E-state index in [9.17, 15) is 9.59 Å². The SMILES string of the molecule is O=C(Cn1nc2c(c1NC(=O)CC(c1ccccc1)c1ccccc1)CSC2)NCC1CCCO1. The summed E-state index contributed by atoms with van der Waals surface area (Å²) in [6.45, 7) is 1.33. The van der Waals surface area contributed by atoms with Crippen molar-refractivity contribution < 1.29 is 14.3 Å². The van der Waals surface area contributed by atoms with E-state index in [0.717, 1.165) is 53.3 Å². The Morgan fingerprint density at radius 3 is 2.40 bits per heavy atom. The number of carbonyl (C=O) groups excluding carboxylic acids is 2. The van der Waals surface area contributed by atoms with Gasteiger partial charge >= 0.3 is 0 Å². The highest BCUT2D eigenvalue weighted by atomic mass is 32.2. The molecule has 1 unspecified atom stereocenters. The number of anilines is 1. The van der Waals surface area contributed by atoms with E-state index >= 15 is 0 Å². The smallest absolute Gasteiger partial charge is 0.241 e. The van der Waals surface area contributed by atoms with Crippen molar-refractivity contribution in [1.82, 2.24) is 15.1 Å². The lowest BCUT2D eigenvalue weighted by molar-refractivity contribution is -0.122. The number of aromatic nitrogens is 2. The number of thioether (sulfide) groups is 1. The minimum absolute atomic E-state index is 0.0640. The third-order valence-electron chi connectivity index (χ3n) is 6.51. The molecule has 1 saturated heterocycles. The first-order chi connectivity index (χ1) is 17.2. The summed E-state index contributed by atoms with van der Waals surface area (Å²) in [4.78, 5) is 26.0. The third-order valence-corrected chi connectivity index (χ3v) is 7.48. The van der Waals surface area contributed by atoms with Crippen molar-refractivity contribution in [2.24, 2.45) is 0 Å². The molecule has 2 aliphatic rings. The Bertz CT molecular complexity index is 1120. The van der Waals surface area contributed by atoms with Crippen molar-refractivity contribution >= 4 is 29.4 Å². The van der Waals surface area contributed by atoms with Crippen LogP contribution in [0, 0.1) is 0 Å². The summed E-state index contributed by atoms with van der Waals surface area (Å²) in [6, 6.07) is 20.2. The van der Waals surface area contributed by atoms with Gasteiger partial charge in [-0.15, -0.1) is 0 Å². The summed E-state index contributed by atoms with van der Waals surface area (Å²) in [7, 11) is 0. The number of amides is 2. The maximum Gasteiger partial charge on any atom is 0.241 e. The van der Waals surface area contributed by atoms with Crippen molar-refractivity contribution in [3.8, 4) is 0 Å². The Morgan fingerprint density at radius 1 is 1.03 bits per heavy atom. The van der Waals surface area contributed by atoms with E-state index in [4.69, 9.17) is 4.74 Å². The number of nitrogens with one attached hydrogen (secondary N) is 2. The highest BCUT2D eigenvalue weighted by molar-refractivity contribution is 7.98. The van der Waals surface area contributed by atoms with Gasteiger partial charge in [-0.05, 0) is 24.0 Å². The lowest BCUT2D eigenvalue weighted by Crippen LogP contribution is -2.34. The zero-order valence-corrected chi connectivity index (χ0v) is 20.4. The number of fused-ring (bicyclic) bond motifs is 1. The van der Waals surface area contributed by atoms with Crippen molar-refractivity contribution in [3.63, 3.8) is 0 Å². The van der Waals surface area contributed by atoms with Crippen LogP contribution in [0.3, 0.4) is 0 Å². The third kappa shape index (κ3) is 5.77. The molecule has 2 amide bonds. The molecule has 7 nitrogen and oxygen atoms in total. The average molecular weight is 491 g/mol. The monoisotopic (exact) mass is 490 g/mol. The number of nitrogens with zero attached hydrogens (tertiary/aromatic N) is 2. The van der Waals surface area contributed by atoms with Gasteiger partial charge in [0.2, 0.25) is 11.8 Å². The van der Waals surface area contributed by atoms with Gasteiger partial charge in [0.1, 0.15) is 12.4 Å². The second kappa shape index (κ2) is 11.1. The van der Waals surface area contributed by atoms with E-state index in [2.05, 4.69) is 40.0 Å². The molecule has 0 bridgehead atoms. The number of hydrogen-bond acceptors (Lipinski definition) is 5. The molecule has 8 heteroatoms. The summed E-state index contributed by atoms with van der Waals surface area (Å²) >= 11 is 1.77. The van der Waals surface area contributed by atoms with Crippen LogP contribution in [0.5, 0.6) is 0 Å². The van der Waals surface area contributed by atoms with E-state index < -0.39 is 0 Å². The van der Waals surface area contributed by atoms with Crippen LogP contribution in [-0.2, 0) is 32.4 Å². The van der Waals surface area contributed by atoms with E-state index in [0.29, 0.717) is 18.8 Å². The van der Waals surface area contributed by atoms with Gasteiger partial charge in [0.15, 0.2) is 0 Å². The highest BCUT2D eigenvalue weighted by Crippen LogP contribution is 2.35. The quantitative estimate of drug-likeness (QED) is 0.472. The maximum atomic E-state index is 13.3. The Balaban J connectivity index is 1.30. The Morgan fingerprint density at radius 2 is 1.74 bits per heavy atom. The van der Waals surface area contributed by atoms with Gasteiger partial charge in [0.05, 0.1) is 11.8 Å². The number of hydrogen-bond donors (Lipinski definition) is 2. The van der Waals surface area contributed by atoms with Crippen molar-refractivity contribution in [2.45, 2.75) is 49.3 Å². The lowest BCUT2D eigenvalue weighted by atomic mass is 9.88. The number of ether oxygens (including phenoxy) is 1. The first-order valence-corrected chi connectivity index (χ1v) is 13.3. The summed E-state index contributed by atoms with van der Waals surface area (Å²) < 4.78 is 7.24. The Hall–Kier alpha value is -3.10. The zero-order valence-electron chi connectivity index (χ0n) is 19.6. The summed E-state index contributed by atoms with van der Waals surface area (Å²) in [5.41, 5.74) is 4.15. The van der Waals surface area contributed by atoms with E-state index in [-0.39, 0.29) is 30.4 Å². The van der Waals surface area contributed by atoms with Crippen molar-refractivity contribution in [1.29, 1.82) is 0 Å². The molecule has 1 fully saturated rings.